The number of carbonyl (C=O) groups is 1. The summed E-state index contributed by atoms with van der Waals surface area (Å²) in [5, 5.41) is 4.14. The third-order valence-electron chi connectivity index (χ3n) is 3.51. The zero-order valence-electron chi connectivity index (χ0n) is 10.3. The van der Waals surface area contributed by atoms with E-state index in [1.165, 1.54) is 0 Å². The summed E-state index contributed by atoms with van der Waals surface area (Å²) >= 11 is 0. The number of rotatable bonds is 2. The van der Waals surface area contributed by atoms with Crippen LogP contribution < -0.4 is 5.32 Å². The Hall–Kier alpha value is -1.81. The molecule has 1 aromatic heterocycles. The smallest absolute Gasteiger partial charge is 0.251 e. The van der Waals surface area contributed by atoms with Gasteiger partial charge in [-0.25, -0.2) is 0 Å². The molecule has 1 saturated heterocycles. The molecule has 4 heteroatoms. The fourth-order valence-corrected chi connectivity index (χ4v) is 2.36. The monoisotopic (exact) mass is 244 g/mol. The first-order chi connectivity index (χ1) is 8.74. The molecule has 0 spiro atoms. The highest BCUT2D eigenvalue weighted by Crippen LogP contribution is 2.16. The zero-order valence-corrected chi connectivity index (χ0v) is 10.3. The standard InChI is InChI=1S/C14H16N2O2/c1-9-12(5-7-18-9)16-14(17)11-3-2-10-4-6-15-13(10)8-11/h2-4,6,8-9,12,15H,5,7H2,1H3,(H,16,17). The number of amides is 1. The van der Waals surface area contributed by atoms with Crippen molar-refractivity contribution < 1.29 is 9.53 Å². The van der Waals surface area contributed by atoms with Crippen molar-refractivity contribution in [3.8, 4) is 0 Å². The van der Waals surface area contributed by atoms with E-state index in [2.05, 4.69) is 10.3 Å². The molecule has 0 bridgehead atoms. The van der Waals surface area contributed by atoms with Gasteiger partial charge in [0.15, 0.2) is 0 Å². The van der Waals surface area contributed by atoms with E-state index in [0.29, 0.717) is 5.56 Å². The molecule has 1 aromatic carbocycles. The predicted molar refractivity (Wildman–Crippen MR) is 69.6 cm³/mol. The number of carbonyl (C=O) groups excluding carboxylic acids is 1. The van der Waals surface area contributed by atoms with Gasteiger partial charge in [0.2, 0.25) is 0 Å². The molecule has 1 fully saturated rings. The Kier molecular flexibility index (Phi) is 2.80. The van der Waals surface area contributed by atoms with E-state index in [0.717, 1.165) is 23.9 Å². The number of aromatic amines is 1. The molecule has 4 nitrogen and oxygen atoms in total. The van der Waals surface area contributed by atoms with Crippen molar-refractivity contribution in [2.24, 2.45) is 0 Å². The lowest BCUT2D eigenvalue weighted by Crippen LogP contribution is -2.39. The van der Waals surface area contributed by atoms with Crippen molar-refractivity contribution in [3.63, 3.8) is 0 Å². The predicted octanol–water partition coefficient (Wildman–Crippen LogP) is 2.08. The van der Waals surface area contributed by atoms with Crippen LogP contribution in [0.25, 0.3) is 10.9 Å². The van der Waals surface area contributed by atoms with Crippen LogP contribution in [0.5, 0.6) is 0 Å². The van der Waals surface area contributed by atoms with Gasteiger partial charge in [0.05, 0.1) is 12.1 Å². The SMILES string of the molecule is CC1OCCC1NC(=O)c1ccc2cc[nH]c2c1. The molecule has 2 unspecified atom stereocenters. The second-order valence-electron chi connectivity index (χ2n) is 4.72. The first kappa shape index (κ1) is 11.3. The first-order valence-electron chi connectivity index (χ1n) is 6.23. The maximum atomic E-state index is 12.1. The lowest BCUT2D eigenvalue weighted by molar-refractivity contribution is 0.0866. The summed E-state index contributed by atoms with van der Waals surface area (Å²) in [6.07, 6.45) is 2.86. The molecule has 18 heavy (non-hydrogen) atoms. The van der Waals surface area contributed by atoms with Crippen LogP contribution in [0.15, 0.2) is 30.5 Å². The van der Waals surface area contributed by atoms with Gasteiger partial charge in [-0.1, -0.05) is 6.07 Å². The summed E-state index contributed by atoms with van der Waals surface area (Å²) < 4.78 is 5.44. The summed E-state index contributed by atoms with van der Waals surface area (Å²) in [5.74, 6) is -0.0335. The third kappa shape index (κ3) is 1.99. The van der Waals surface area contributed by atoms with Crippen molar-refractivity contribution in [1.29, 1.82) is 0 Å². The van der Waals surface area contributed by atoms with Gasteiger partial charge in [0.1, 0.15) is 0 Å². The van der Waals surface area contributed by atoms with Crippen LogP contribution >= 0.6 is 0 Å². The fraction of sp³-hybridized carbons (Fsp3) is 0.357. The molecule has 94 valence electrons. The van der Waals surface area contributed by atoms with Crippen LogP contribution in [-0.2, 0) is 4.74 Å². The molecule has 2 N–H and O–H groups in total. The highest BCUT2D eigenvalue weighted by Gasteiger charge is 2.25. The molecule has 1 aliphatic heterocycles. The number of aromatic nitrogens is 1. The van der Waals surface area contributed by atoms with E-state index in [1.807, 2.05) is 37.4 Å². The maximum absolute atomic E-state index is 12.1. The van der Waals surface area contributed by atoms with Crippen LogP contribution in [0.3, 0.4) is 0 Å². The quantitative estimate of drug-likeness (QED) is 0.849. The van der Waals surface area contributed by atoms with E-state index in [-0.39, 0.29) is 18.1 Å². The van der Waals surface area contributed by atoms with E-state index < -0.39 is 0 Å². The molecule has 1 aliphatic rings. The molecule has 0 aliphatic carbocycles. The van der Waals surface area contributed by atoms with Gasteiger partial charge in [-0.3, -0.25) is 4.79 Å². The molecule has 2 aromatic rings. The number of fused-ring (bicyclic) bond motifs is 1. The minimum Gasteiger partial charge on any atom is -0.376 e. The van der Waals surface area contributed by atoms with Gasteiger partial charge in [0, 0.05) is 23.9 Å². The number of benzene rings is 1. The van der Waals surface area contributed by atoms with Crippen LogP contribution in [0, 0.1) is 0 Å². The van der Waals surface area contributed by atoms with E-state index in [4.69, 9.17) is 4.74 Å². The van der Waals surface area contributed by atoms with Crippen LogP contribution in [-0.4, -0.2) is 29.6 Å². The highest BCUT2D eigenvalue weighted by atomic mass is 16.5. The van der Waals surface area contributed by atoms with Gasteiger partial charge in [-0.15, -0.1) is 0 Å². The Morgan fingerprint density at radius 1 is 1.44 bits per heavy atom. The lowest BCUT2D eigenvalue weighted by atomic mass is 10.1. The molecule has 1 amide bonds. The fourth-order valence-electron chi connectivity index (χ4n) is 2.36. The Morgan fingerprint density at radius 3 is 3.11 bits per heavy atom. The topological polar surface area (TPSA) is 54.1 Å². The molecule has 2 heterocycles. The number of nitrogens with one attached hydrogen (secondary N) is 2. The summed E-state index contributed by atoms with van der Waals surface area (Å²) in [7, 11) is 0. The zero-order chi connectivity index (χ0) is 12.5. The third-order valence-corrected chi connectivity index (χ3v) is 3.51. The largest absolute Gasteiger partial charge is 0.376 e. The molecule has 0 saturated carbocycles. The lowest BCUT2D eigenvalue weighted by Gasteiger charge is -2.15. The van der Waals surface area contributed by atoms with E-state index >= 15 is 0 Å². The van der Waals surface area contributed by atoms with E-state index in [9.17, 15) is 4.79 Å². The molecular formula is C14H16N2O2. The van der Waals surface area contributed by atoms with Crippen LogP contribution in [0.2, 0.25) is 0 Å². The van der Waals surface area contributed by atoms with Crippen LogP contribution in [0.4, 0.5) is 0 Å². The average Bonchev–Trinajstić information content (AvgIpc) is 2.98. The normalized spacial score (nSPS) is 23.4. The first-order valence-corrected chi connectivity index (χ1v) is 6.23. The highest BCUT2D eigenvalue weighted by molar-refractivity contribution is 5.98. The van der Waals surface area contributed by atoms with Crippen molar-refractivity contribution in [1.82, 2.24) is 10.3 Å². The van der Waals surface area contributed by atoms with Gasteiger partial charge >= 0.3 is 0 Å². The van der Waals surface area contributed by atoms with Gasteiger partial charge in [-0.2, -0.15) is 0 Å². The summed E-state index contributed by atoms with van der Waals surface area (Å²) in [5.41, 5.74) is 1.67. The summed E-state index contributed by atoms with van der Waals surface area (Å²) in [6.45, 7) is 2.72. The Morgan fingerprint density at radius 2 is 2.33 bits per heavy atom. The number of ether oxygens (including phenoxy) is 1. The molecule has 0 radical (unpaired) electrons. The second kappa shape index (κ2) is 4.46. The van der Waals surface area contributed by atoms with Gasteiger partial charge in [0.25, 0.3) is 5.91 Å². The van der Waals surface area contributed by atoms with Crippen LogP contribution in [0.1, 0.15) is 23.7 Å². The van der Waals surface area contributed by atoms with Crippen molar-refractivity contribution in [3.05, 3.63) is 36.0 Å². The average molecular weight is 244 g/mol. The van der Waals surface area contributed by atoms with E-state index in [1.54, 1.807) is 0 Å². The summed E-state index contributed by atoms with van der Waals surface area (Å²) in [4.78, 5) is 15.2. The molecular weight excluding hydrogens is 228 g/mol. The minimum absolute atomic E-state index is 0.0335. The number of hydrogen-bond acceptors (Lipinski definition) is 2. The second-order valence-corrected chi connectivity index (χ2v) is 4.72. The maximum Gasteiger partial charge on any atom is 0.251 e. The molecule has 3 rings (SSSR count). The van der Waals surface area contributed by atoms with Gasteiger partial charge in [-0.05, 0) is 36.9 Å². The van der Waals surface area contributed by atoms with Crippen molar-refractivity contribution >= 4 is 16.8 Å². The van der Waals surface area contributed by atoms with Crippen molar-refractivity contribution in [2.75, 3.05) is 6.61 Å². The van der Waals surface area contributed by atoms with Gasteiger partial charge < -0.3 is 15.0 Å². The Labute approximate surface area is 105 Å². The number of H-pyrrole nitrogens is 1. The van der Waals surface area contributed by atoms with Crippen molar-refractivity contribution in [2.45, 2.75) is 25.5 Å². The Bertz CT molecular complexity index is 576. The Balaban J connectivity index is 1.78. The molecule has 2 atom stereocenters. The number of hydrogen-bond donors (Lipinski definition) is 2. The minimum atomic E-state index is -0.0335. The summed E-state index contributed by atoms with van der Waals surface area (Å²) in [6, 6.07) is 7.80.